The summed E-state index contributed by atoms with van der Waals surface area (Å²) < 4.78 is 5.23. The third-order valence-electron chi connectivity index (χ3n) is 3.45. The molecule has 0 aliphatic rings. The summed E-state index contributed by atoms with van der Waals surface area (Å²) in [5.41, 5.74) is 1.03. The van der Waals surface area contributed by atoms with Gasteiger partial charge >= 0.3 is 0 Å². The minimum absolute atomic E-state index is 0.00734. The molecule has 0 bridgehead atoms. The topological polar surface area (TPSA) is 59.2 Å². The fraction of sp³-hybridized carbons (Fsp3) is 0.235. The van der Waals surface area contributed by atoms with Crippen molar-refractivity contribution < 1.29 is 9.32 Å². The van der Waals surface area contributed by atoms with Crippen molar-refractivity contribution in [1.82, 2.24) is 15.0 Å². The Balaban J connectivity index is 1.48. The molecule has 0 spiro atoms. The highest BCUT2D eigenvalue weighted by atomic mass is 35.5. The smallest absolute Gasteiger partial charge is 0.246 e. The molecule has 0 saturated carbocycles. The van der Waals surface area contributed by atoms with E-state index in [9.17, 15) is 4.79 Å². The third-order valence-corrected chi connectivity index (χ3v) is 5.65. The summed E-state index contributed by atoms with van der Waals surface area (Å²) in [6.07, 6.45) is 0. The molecule has 0 radical (unpaired) electrons. The molecule has 2 heterocycles. The molecular weight excluding hydrogens is 378 g/mol. The summed E-state index contributed by atoms with van der Waals surface area (Å²) in [6, 6.07) is 11.5. The molecule has 130 valence electrons. The van der Waals surface area contributed by atoms with Gasteiger partial charge in [-0.3, -0.25) is 4.79 Å². The van der Waals surface area contributed by atoms with E-state index in [1.54, 1.807) is 23.3 Å². The van der Waals surface area contributed by atoms with E-state index < -0.39 is 0 Å². The highest BCUT2D eigenvalue weighted by Gasteiger charge is 2.15. The van der Waals surface area contributed by atoms with Gasteiger partial charge in [-0.2, -0.15) is 4.98 Å². The molecule has 8 heteroatoms. The van der Waals surface area contributed by atoms with Crippen LogP contribution in [-0.4, -0.2) is 33.7 Å². The fourth-order valence-corrected chi connectivity index (χ4v) is 3.99. The van der Waals surface area contributed by atoms with Crippen LogP contribution in [0.5, 0.6) is 0 Å². The van der Waals surface area contributed by atoms with E-state index in [2.05, 4.69) is 10.1 Å². The first kappa shape index (κ1) is 18.0. The molecule has 2 aromatic heterocycles. The van der Waals surface area contributed by atoms with Gasteiger partial charge in [-0.15, -0.1) is 23.1 Å². The molecule has 3 aromatic rings. The SMILES string of the molecule is CN(Cc1nc(-c2cccs2)no1)C(=O)CSCc1ccccc1Cl. The van der Waals surface area contributed by atoms with Crippen LogP contribution in [0.25, 0.3) is 10.7 Å². The Hall–Kier alpha value is -1.83. The number of hydrogen-bond acceptors (Lipinski definition) is 6. The Labute approximate surface area is 159 Å². The van der Waals surface area contributed by atoms with Gasteiger partial charge in [0.1, 0.15) is 0 Å². The molecule has 0 atom stereocenters. The zero-order chi connectivity index (χ0) is 17.6. The monoisotopic (exact) mass is 393 g/mol. The molecule has 0 saturated heterocycles. The van der Waals surface area contributed by atoms with Crippen molar-refractivity contribution >= 4 is 40.6 Å². The fourth-order valence-electron chi connectivity index (χ4n) is 2.09. The van der Waals surface area contributed by atoms with Crippen molar-refractivity contribution in [3.05, 3.63) is 58.3 Å². The van der Waals surface area contributed by atoms with Crippen molar-refractivity contribution in [3.63, 3.8) is 0 Å². The van der Waals surface area contributed by atoms with Gasteiger partial charge in [0.05, 0.1) is 17.2 Å². The summed E-state index contributed by atoms with van der Waals surface area (Å²) in [5, 5.41) is 6.63. The van der Waals surface area contributed by atoms with Gasteiger partial charge in [0, 0.05) is 17.8 Å². The summed E-state index contributed by atoms with van der Waals surface area (Å²) >= 11 is 9.19. The van der Waals surface area contributed by atoms with Crippen LogP contribution in [0.1, 0.15) is 11.5 Å². The van der Waals surface area contributed by atoms with Crippen molar-refractivity contribution in [2.24, 2.45) is 0 Å². The highest BCUT2D eigenvalue weighted by molar-refractivity contribution is 7.99. The van der Waals surface area contributed by atoms with E-state index in [1.165, 1.54) is 11.8 Å². The minimum Gasteiger partial charge on any atom is -0.337 e. The lowest BCUT2D eigenvalue weighted by molar-refractivity contribution is -0.127. The predicted octanol–water partition coefficient (Wildman–Crippen LogP) is 4.34. The lowest BCUT2D eigenvalue weighted by atomic mass is 10.2. The van der Waals surface area contributed by atoms with Gasteiger partial charge in [-0.1, -0.05) is 41.0 Å². The van der Waals surface area contributed by atoms with E-state index >= 15 is 0 Å². The van der Waals surface area contributed by atoms with Gasteiger partial charge in [-0.05, 0) is 23.1 Å². The maximum Gasteiger partial charge on any atom is 0.246 e. The Morgan fingerprint density at radius 1 is 1.32 bits per heavy atom. The van der Waals surface area contributed by atoms with Gasteiger partial charge in [0.15, 0.2) is 0 Å². The Morgan fingerprint density at radius 2 is 2.16 bits per heavy atom. The maximum absolute atomic E-state index is 12.2. The van der Waals surface area contributed by atoms with Gasteiger partial charge in [-0.25, -0.2) is 0 Å². The average molecular weight is 394 g/mol. The number of nitrogens with zero attached hydrogens (tertiary/aromatic N) is 3. The minimum atomic E-state index is 0.00734. The molecule has 0 N–H and O–H groups in total. The quantitative estimate of drug-likeness (QED) is 0.597. The number of thiophene rings is 1. The number of rotatable bonds is 7. The summed E-state index contributed by atoms with van der Waals surface area (Å²) in [4.78, 5) is 19.1. The number of benzene rings is 1. The number of halogens is 1. The second-order valence-electron chi connectivity index (χ2n) is 5.32. The summed E-state index contributed by atoms with van der Waals surface area (Å²) in [7, 11) is 1.73. The molecule has 1 aromatic carbocycles. The van der Waals surface area contributed by atoms with Crippen molar-refractivity contribution in [3.8, 4) is 10.7 Å². The van der Waals surface area contributed by atoms with Gasteiger partial charge in [0.2, 0.25) is 17.6 Å². The number of thioether (sulfide) groups is 1. The predicted molar refractivity (Wildman–Crippen MR) is 102 cm³/mol. The van der Waals surface area contributed by atoms with Gasteiger partial charge in [0.25, 0.3) is 0 Å². The highest BCUT2D eigenvalue weighted by Crippen LogP contribution is 2.22. The average Bonchev–Trinajstić information content (AvgIpc) is 3.27. The summed E-state index contributed by atoms with van der Waals surface area (Å²) in [6.45, 7) is 0.295. The largest absolute Gasteiger partial charge is 0.337 e. The van der Waals surface area contributed by atoms with Crippen LogP contribution in [0.15, 0.2) is 46.3 Å². The van der Waals surface area contributed by atoms with Crippen LogP contribution in [0, 0.1) is 0 Å². The van der Waals surface area contributed by atoms with E-state index in [1.807, 2.05) is 41.8 Å². The van der Waals surface area contributed by atoms with Crippen molar-refractivity contribution in [1.29, 1.82) is 0 Å². The van der Waals surface area contributed by atoms with Crippen LogP contribution in [0.3, 0.4) is 0 Å². The zero-order valence-corrected chi connectivity index (χ0v) is 15.9. The van der Waals surface area contributed by atoms with Gasteiger partial charge < -0.3 is 9.42 Å². The van der Waals surface area contributed by atoms with Crippen LogP contribution in [0.4, 0.5) is 0 Å². The number of carbonyl (C=O) groups is 1. The van der Waals surface area contributed by atoms with Crippen molar-refractivity contribution in [2.75, 3.05) is 12.8 Å². The Kier molecular flexibility index (Phi) is 6.12. The Morgan fingerprint density at radius 3 is 2.92 bits per heavy atom. The number of aromatic nitrogens is 2. The normalized spacial score (nSPS) is 10.8. The first-order chi connectivity index (χ1) is 12.1. The first-order valence-electron chi connectivity index (χ1n) is 7.55. The number of carbonyl (C=O) groups excluding carboxylic acids is 1. The number of hydrogen-bond donors (Lipinski definition) is 0. The molecule has 0 unspecified atom stereocenters. The van der Waals surface area contributed by atoms with Crippen LogP contribution in [0.2, 0.25) is 5.02 Å². The lowest BCUT2D eigenvalue weighted by Crippen LogP contribution is -2.28. The standard InChI is InChI=1S/C17H16ClN3O2S2/c1-21(9-15-19-17(20-23-15)14-7-4-8-25-14)16(22)11-24-10-12-5-2-3-6-13(12)18/h2-8H,9-11H2,1H3. The number of amides is 1. The second kappa shape index (κ2) is 8.51. The van der Waals surface area contributed by atoms with E-state index in [-0.39, 0.29) is 5.91 Å². The molecule has 0 fully saturated rings. The molecule has 25 heavy (non-hydrogen) atoms. The molecular formula is C17H16ClN3O2S2. The molecule has 0 aliphatic carbocycles. The first-order valence-corrected chi connectivity index (χ1v) is 9.96. The van der Waals surface area contributed by atoms with E-state index in [0.29, 0.717) is 29.8 Å². The second-order valence-corrected chi connectivity index (χ2v) is 7.66. The maximum atomic E-state index is 12.2. The van der Waals surface area contributed by atoms with Crippen LogP contribution < -0.4 is 0 Å². The molecule has 1 amide bonds. The molecule has 5 nitrogen and oxygen atoms in total. The third kappa shape index (κ3) is 4.84. The zero-order valence-electron chi connectivity index (χ0n) is 13.5. The molecule has 0 aliphatic heterocycles. The molecule has 3 rings (SSSR count). The van der Waals surface area contributed by atoms with E-state index in [0.717, 1.165) is 15.5 Å². The van der Waals surface area contributed by atoms with Crippen LogP contribution >= 0.6 is 34.7 Å². The summed E-state index contributed by atoms with van der Waals surface area (Å²) in [5.74, 6) is 2.05. The lowest BCUT2D eigenvalue weighted by Gasteiger charge is -2.14. The van der Waals surface area contributed by atoms with Crippen molar-refractivity contribution in [2.45, 2.75) is 12.3 Å². The van der Waals surface area contributed by atoms with Crippen LogP contribution in [-0.2, 0) is 17.1 Å². The Bertz CT molecular complexity index is 836. The van der Waals surface area contributed by atoms with E-state index in [4.69, 9.17) is 16.1 Å².